The Balaban J connectivity index is 1.27. The number of fused-ring (bicyclic) bond motifs is 1. The van der Waals surface area contributed by atoms with Gasteiger partial charge in [-0.3, -0.25) is 14.3 Å². The lowest BCUT2D eigenvalue weighted by atomic mass is 10.0. The number of anilines is 2. The number of nitrogens with zero attached hydrogens (tertiary/aromatic N) is 5. The number of hydrogen-bond donors (Lipinski definition) is 4. The summed E-state index contributed by atoms with van der Waals surface area (Å²) in [4.78, 5) is 41.7. The predicted octanol–water partition coefficient (Wildman–Crippen LogP) is 1.31. The summed E-state index contributed by atoms with van der Waals surface area (Å²) in [7, 11) is 1.61. The zero-order chi connectivity index (χ0) is 27.4. The molecule has 1 aromatic carbocycles. The highest BCUT2D eigenvalue weighted by Crippen LogP contribution is 2.19. The lowest BCUT2D eigenvalue weighted by Crippen LogP contribution is -2.52. The van der Waals surface area contributed by atoms with Crippen molar-refractivity contribution < 1.29 is 23.9 Å². The number of aromatic nitrogens is 5. The summed E-state index contributed by atoms with van der Waals surface area (Å²) in [6.07, 6.45) is 4.56. The van der Waals surface area contributed by atoms with E-state index >= 15 is 0 Å². The van der Waals surface area contributed by atoms with Gasteiger partial charge in [0, 0.05) is 26.0 Å². The van der Waals surface area contributed by atoms with E-state index in [0.717, 1.165) is 5.56 Å². The highest BCUT2D eigenvalue weighted by molar-refractivity contribution is 6.10. The molecule has 0 spiro atoms. The maximum atomic E-state index is 13.0. The minimum Gasteiger partial charge on any atom is -0.445 e. The van der Waals surface area contributed by atoms with Crippen LogP contribution in [0.5, 0.6) is 0 Å². The van der Waals surface area contributed by atoms with Crippen molar-refractivity contribution in [2.45, 2.75) is 25.1 Å². The summed E-state index contributed by atoms with van der Waals surface area (Å²) < 4.78 is 13.8. The van der Waals surface area contributed by atoms with Gasteiger partial charge in [0.1, 0.15) is 18.0 Å². The van der Waals surface area contributed by atoms with Crippen LogP contribution in [0.4, 0.5) is 16.3 Å². The summed E-state index contributed by atoms with van der Waals surface area (Å²) >= 11 is 0. The fraction of sp³-hybridized carbons (Fsp3) is 0.280. The number of alkyl carbamates (subject to hydrolysis) is 1. The first kappa shape index (κ1) is 25.7. The van der Waals surface area contributed by atoms with Gasteiger partial charge in [-0.2, -0.15) is 10.2 Å². The molecule has 5 rings (SSSR count). The predicted molar refractivity (Wildman–Crippen MR) is 139 cm³/mol. The molecule has 14 heteroatoms. The van der Waals surface area contributed by atoms with Crippen LogP contribution in [0.2, 0.25) is 0 Å². The molecule has 1 fully saturated rings. The molecule has 1 aliphatic rings. The summed E-state index contributed by atoms with van der Waals surface area (Å²) in [5, 5.41) is 17.0. The summed E-state index contributed by atoms with van der Waals surface area (Å²) in [5.74, 6) is -0.847. The first-order valence-electron chi connectivity index (χ1n) is 12.2. The van der Waals surface area contributed by atoms with Gasteiger partial charge in [-0.05, 0) is 18.1 Å². The Morgan fingerprint density at radius 2 is 2.00 bits per heavy atom. The third-order valence-electron chi connectivity index (χ3n) is 6.13. The number of nitrogens with two attached hydrogens (primary N) is 1. The van der Waals surface area contributed by atoms with Gasteiger partial charge < -0.3 is 31.2 Å². The number of ether oxygens (including phenoxy) is 2. The van der Waals surface area contributed by atoms with E-state index in [1.54, 1.807) is 19.3 Å². The fourth-order valence-electron chi connectivity index (χ4n) is 4.22. The van der Waals surface area contributed by atoms with Gasteiger partial charge in [-0.1, -0.05) is 30.3 Å². The van der Waals surface area contributed by atoms with Crippen molar-refractivity contribution in [3.8, 4) is 0 Å². The number of benzene rings is 1. The Morgan fingerprint density at radius 1 is 1.18 bits per heavy atom. The third kappa shape index (κ3) is 5.96. The van der Waals surface area contributed by atoms with Crippen LogP contribution in [0, 0.1) is 0 Å². The molecule has 3 amide bonds. The van der Waals surface area contributed by atoms with Crippen LogP contribution in [0.15, 0.2) is 55.0 Å². The van der Waals surface area contributed by atoms with E-state index in [4.69, 9.17) is 15.2 Å². The largest absolute Gasteiger partial charge is 0.445 e. The smallest absolute Gasteiger partial charge is 0.407 e. The average molecular weight is 534 g/mol. The van der Waals surface area contributed by atoms with Crippen molar-refractivity contribution in [1.82, 2.24) is 29.7 Å². The van der Waals surface area contributed by atoms with Gasteiger partial charge >= 0.3 is 6.09 Å². The maximum absolute atomic E-state index is 13.0. The van der Waals surface area contributed by atoms with Gasteiger partial charge in [0.2, 0.25) is 0 Å². The first-order valence-corrected chi connectivity index (χ1v) is 12.2. The van der Waals surface area contributed by atoms with Crippen molar-refractivity contribution in [1.29, 1.82) is 0 Å². The molecule has 0 saturated carbocycles. The molecule has 3 aromatic heterocycles. The maximum Gasteiger partial charge on any atom is 0.407 e. The number of nitrogens with one attached hydrogen (secondary N) is 3. The molecule has 4 heterocycles. The van der Waals surface area contributed by atoms with E-state index < -0.39 is 17.9 Å². The van der Waals surface area contributed by atoms with Gasteiger partial charge in [-0.15, -0.1) is 0 Å². The Hall–Kier alpha value is -4.98. The monoisotopic (exact) mass is 533 g/mol. The number of aryl methyl sites for hydroxylation is 1. The molecule has 14 nitrogen and oxygen atoms in total. The normalized spacial score (nSPS) is 16.9. The molecule has 0 aliphatic carbocycles. The number of amides is 3. The molecule has 0 radical (unpaired) electrons. The van der Waals surface area contributed by atoms with Gasteiger partial charge in [0.15, 0.2) is 11.3 Å². The number of carbonyl (C=O) groups excluding carboxylic acids is 3. The molecule has 0 unspecified atom stereocenters. The number of primary amides is 1. The van der Waals surface area contributed by atoms with E-state index in [1.807, 2.05) is 30.3 Å². The van der Waals surface area contributed by atoms with Crippen molar-refractivity contribution >= 4 is 35.1 Å². The zero-order valence-corrected chi connectivity index (χ0v) is 21.0. The van der Waals surface area contributed by atoms with E-state index in [2.05, 4.69) is 31.1 Å². The fourth-order valence-corrected chi connectivity index (χ4v) is 4.22. The van der Waals surface area contributed by atoms with Gasteiger partial charge in [0.25, 0.3) is 11.8 Å². The minimum atomic E-state index is -0.766. The SMILES string of the molecule is Cn1cc(NC(=O)c2cnn3ccc(N[C@H]4COCC[C@H]4NC(=O)OCc4ccccc4)nc23)c(C(N)=O)n1. The lowest BCUT2D eigenvalue weighted by molar-refractivity contribution is 0.0632. The van der Waals surface area contributed by atoms with Crippen LogP contribution >= 0.6 is 0 Å². The lowest BCUT2D eigenvalue weighted by Gasteiger charge is -2.32. The second-order valence-electron chi connectivity index (χ2n) is 8.95. The molecule has 5 N–H and O–H groups in total. The van der Waals surface area contributed by atoms with Crippen LogP contribution in [0.25, 0.3) is 5.65 Å². The molecule has 1 aliphatic heterocycles. The molecule has 202 valence electrons. The number of rotatable bonds is 8. The third-order valence-corrected chi connectivity index (χ3v) is 6.13. The standard InChI is InChI=1S/C25H27N9O5/c1-33-12-18(21(32-33)22(26)35)29-24(36)16-11-27-34-9-7-20(31-23(16)34)28-19-14-38-10-8-17(19)30-25(37)39-13-15-5-3-2-4-6-15/h2-7,9,11-12,17,19H,8,10,13-14H2,1H3,(H2,26,35)(H,28,31)(H,29,36)(H,30,37)/t17-,19+/m1/s1. The Bertz CT molecular complexity index is 1500. The zero-order valence-electron chi connectivity index (χ0n) is 21.0. The topological polar surface area (TPSA) is 180 Å². The number of carbonyl (C=O) groups is 3. The highest BCUT2D eigenvalue weighted by Gasteiger charge is 2.28. The van der Waals surface area contributed by atoms with E-state index in [-0.39, 0.29) is 41.3 Å². The summed E-state index contributed by atoms with van der Waals surface area (Å²) in [6.45, 7) is 0.987. The van der Waals surface area contributed by atoms with Crippen LogP contribution in [0.3, 0.4) is 0 Å². The second kappa shape index (κ2) is 11.2. The van der Waals surface area contributed by atoms with Crippen LogP contribution in [0.1, 0.15) is 32.8 Å². The summed E-state index contributed by atoms with van der Waals surface area (Å²) in [5.41, 5.74) is 6.83. The molecule has 2 atom stereocenters. The first-order chi connectivity index (χ1) is 18.9. The molecule has 39 heavy (non-hydrogen) atoms. The quantitative estimate of drug-likeness (QED) is 0.260. The molecule has 0 bridgehead atoms. The average Bonchev–Trinajstić information content (AvgIpc) is 3.52. The molecule has 4 aromatic rings. The van der Waals surface area contributed by atoms with E-state index in [1.165, 1.54) is 21.6 Å². The summed E-state index contributed by atoms with van der Waals surface area (Å²) in [6, 6.07) is 10.5. The van der Waals surface area contributed by atoms with Crippen LogP contribution in [-0.2, 0) is 23.1 Å². The van der Waals surface area contributed by atoms with Crippen LogP contribution < -0.4 is 21.7 Å². The van der Waals surface area contributed by atoms with E-state index in [9.17, 15) is 14.4 Å². The van der Waals surface area contributed by atoms with Gasteiger partial charge in [0.05, 0.1) is 30.6 Å². The second-order valence-corrected chi connectivity index (χ2v) is 8.95. The van der Waals surface area contributed by atoms with Crippen molar-refractivity contribution in [3.63, 3.8) is 0 Å². The van der Waals surface area contributed by atoms with Crippen molar-refractivity contribution in [2.75, 3.05) is 23.8 Å². The Kier molecular flexibility index (Phi) is 7.36. The Labute approximate surface area is 222 Å². The van der Waals surface area contributed by atoms with Crippen molar-refractivity contribution in [2.24, 2.45) is 12.8 Å². The van der Waals surface area contributed by atoms with E-state index in [0.29, 0.717) is 25.5 Å². The highest BCUT2D eigenvalue weighted by atomic mass is 16.5. The minimum absolute atomic E-state index is 0.0595. The van der Waals surface area contributed by atoms with Gasteiger partial charge in [-0.25, -0.2) is 14.3 Å². The molecular formula is C25H27N9O5. The van der Waals surface area contributed by atoms with Crippen molar-refractivity contribution in [3.05, 3.63) is 71.8 Å². The Morgan fingerprint density at radius 3 is 2.79 bits per heavy atom. The molecular weight excluding hydrogens is 506 g/mol. The number of hydrogen-bond acceptors (Lipinski definition) is 9. The molecule has 1 saturated heterocycles. The van der Waals surface area contributed by atoms with Crippen LogP contribution in [-0.4, -0.2) is 67.6 Å².